The molecule has 0 aliphatic heterocycles. The van der Waals surface area contributed by atoms with Crippen LogP contribution in [0.25, 0.3) is 0 Å². The Kier molecular flexibility index (Phi) is 8.33. The summed E-state index contributed by atoms with van der Waals surface area (Å²) >= 11 is 0. The summed E-state index contributed by atoms with van der Waals surface area (Å²) in [5, 5.41) is 2.76. The van der Waals surface area contributed by atoms with Gasteiger partial charge >= 0.3 is 5.97 Å². The van der Waals surface area contributed by atoms with E-state index in [-0.39, 0.29) is 12.5 Å². The quantitative estimate of drug-likeness (QED) is 0.710. The molecule has 0 aliphatic carbocycles. The molecule has 0 bridgehead atoms. The van der Waals surface area contributed by atoms with Gasteiger partial charge in [0.25, 0.3) is 5.91 Å². The van der Waals surface area contributed by atoms with Gasteiger partial charge in [0.2, 0.25) is 0 Å². The molecule has 1 aromatic carbocycles. The van der Waals surface area contributed by atoms with Crippen LogP contribution in [0.3, 0.4) is 0 Å². The van der Waals surface area contributed by atoms with E-state index in [1.54, 1.807) is 6.92 Å². The second-order valence-corrected chi connectivity index (χ2v) is 5.86. The van der Waals surface area contributed by atoms with E-state index in [0.717, 1.165) is 24.1 Å². The number of nitrogens with one attached hydrogen (secondary N) is 1. The van der Waals surface area contributed by atoms with E-state index < -0.39 is 12.1 Å². The van der Waals surface area contributed by atoms with Crippen molar-refractivity contribution >= 4 is 17.6 Å². The van der Waals surface area contributed by atoms with E-state index in [0.29, 0.717) is 12.5 Å². The molecule has 128 valence electrons. The Morgan fingerprint density at radius 2 is 1.87 bits per heavy atom. The summed E-state index contributed by atoms with van der Waals surface area (Å²) in [6.07, 6.45) is 1.03. The molecule has 1 N–H and O–H groups in total. The number of amides is 1. The van der Waals surface area contributed by atoms with E-state index in [2.05, 4.69) is 19.2 Å². The van der Waals surface area contributed by atoms with Gasteiger partial charge in [0.15, 0.2) is 12.7 Å². The van der Waals surface area contributed by atoms with Crippen LogP contribution in [0.4, 0.5) is 5.69 Å². The normalized spacial score (nSPS) is 12.0. The number of ether oxygens (including phenoxy) is 2. The molecule has 0 heterocycles. The van der Waals surface area contributed by atoms with E-state index >= 15 is 0 Å². The lowest BCUT2D eigenvalue weighted by Gasteiger charge is -2.14. The third-order valence-electron chi connectivity index (χ3n) is 3.41. The summed E-state index contributed by atoms with van der Waals surface area (Å²) < 4.78 is 10.4. The van der Waals surface area contributed by atoms with Gasteiger partial charge in [0, 0.05) is 12.3 Å². The average molecular weight is 321 g/mol. The average Bonchev–Trinajstić information content (AvgIpc) is 2.52. The SMILES string of the molecule is CCc1ccccc1NC(=O)COC(=O)C(C)OCCC(C)C. The predicted molar refractivity (Wildman–Crippen MR) is 90.3 cm³/mol. The zero-order valence-corrected chi connectivity index (χ0v) is 14.4. The van der Waals surface area contributed by atoms with Crippen molar-refractivity contribution in [2.45, 2.75) is 46.6 Å². The summed E-state index contributed by atoms with van der Waals surface area (Å²) in [7, 11) is 0. The summed E-state index contributed by atoms with van der Waals surface area (Å²) in [6.45, 7) is 8.02. The molecule has 1 aromatic rings. The van der Waals surface area contributed by atoms with Crippen molar-refractivity contribution in [1.29, 1.82) is 0 Å². The molecule has 23 heavy (non-hydrogen) atoms. The Morgan fingerprint density at radius 3 is 2.52 bits per heavy atom. The molecule has 0 aliphatic rings. The third kappa shape index (κ3) is 7.28. The number of aryl methyl sites for hydroxylation is 1. The van der Waals surface area contributed by atoms with Crippen LogP contribution in [0.2, 0.25) is 0 Å². The fourth-order valence-electron chi connectivity index (χ4n) is 1.94. The van der Waals surface area contributed by atoms with Gasteiger partial charge in [0.05, 0.1) is 0 Å². The van der Waals surface area contributed by atoms with Gasteiger partial charge in [-0.1, -0.05) is 39.0 Å². The number of rotatable bonds is 9. The number of hydrogen-bond acceptors (Lipinski definition) is 4. The molecule has 0 fully saturated rings. The summed E-state index contributed by atoms with van der Waals surface area (Å²) in [5.41, 5.74) is 1.79. The van der Waals surface area contributed by atoms with Gasteiger partial charge in [-0.3, -0.25) is 4.79 Å². The highest BCUT2D eigenvalue weighted by Crippen LogP contribution is 2.15. The molecule has 5 heteroatoms. The Morgan fingerprint density at radius 1 is 1.17 bits per heavy atom. The van der Waals surface area contributed by atoms with Crippen molar-refractivity contribution in [2.75, 3.05) is 18.5 Å². The molecule has 0 radical (unpaired) electrons. The van der Waals surface area contributed by atoms with Crippen molar-refractivity contribution in [2.24, 2.45) is 5.92 Å². The second kappa shape index (κ2) is 10.0. The number of anilines is 1. The fourth-order valence-corrected chi connectivity index (χ4v) is 1.94. The lowest BCUT2D eigenvalue weighted by atomic mass is 10.1. The number of carbonyl (C=O) groups is 2. The highest BCUT2D eigenvalue weighted by atomic mass is 16.6. The van der Waals surface area contributed by atoms with E-state index in [1.165, 1.54) is 0 Å². The van der Waals surface area contributed by atoms with Crippen LogP contribution in [0.15, 0.2) is 24.3 Å². The van der Waals surface area contributed by atoms with Gasteiger partial charge in [-0.05, 0) is 37.3 Å². The van der Waals surface area contributed by atoms with Crippen LogP contribution >= 0.6 is 0 Å². The first-order chi connectivity index (χ1) is 10.9. The molecule has 1 atom stereocenters. The first-order valence-electron chi connectivity index (χ1n) is 8.10. The van der Waals surface area contributed by atoms with Crippen LogP contribution in [-0.4, -0.2) is 31.2 Å². The minimum atomic E-state index is -0.663. The van der Waals surface area contributed by atoms with Crippen LogP contribution in [-0.2, 0) is 25.5 Å². The van der Waals surface area contributed by atoms with Crippen molar-refractivity contribution in [3.05, 3.63) is 29.8 Å². The topological polar surface area (TPSA) is 64.6 Å². The number of carbonyl (C=O) groups excluding carboxylic acids is 2. The van der Waals surface area contributed by atoms with E-state index in [9.17, 15) is 9.59 Å². The maximum atomic E-state index is 11.9. The summed E-state index contributed by atoms with van der Waals surface area (Å²) in [5.74, 6) is -0.357. The first kappa shape index (κ1) is 19.2. The van der Waals surface area contributed by atoms with Gasteiger partial charge in [-0.2, -0.15) is 0 Å². The van der Waals surface area contributed by atoms with E-state index in [1.807, 2.05) is 31.2 Å². The number of hydrogen-bond donors (Lipinski definition) is 1. The molecule has 1 rings (SSSR count). The smallest absolute Gasteiger partial charge is 0.335 e. The van der Waals surface area contributed by atoms with Crippen molar-refractivity contribution in [1.82, 2.24) is 0 Å². The summed E-state index contributed by atoms with van der Waals surface area (Å²) in [6, 6.07) is 7.55. The molecule has 0 saturated carbocycles. The van der Waals surface area contributed by atoms with Crippen LogP contribution in [0, 0.1) is 5.92 Å². The number of benzene rings is 1. The maximum Gasteiger partial charge on any atom is 0.335 e. The Bertz CT molecular complexity index is 513. The zero-order chi connectivity index (χ0) is 17.2. The number of para-hydroxylation sites is 1. The van der Waals surface area contributed by atoms with Crippen molar-refractivity contribution < 1.29 is 19.1 Å². The minimum Gasteiger partial charge on any atom is -0.454 e. The standard InChI is InChI=1S/C18H27NO4/c1-5-15-8-6-7-9-16(15)19-17(20)12-23-18(21)14(4)22-11-10-13(2)3/h6-9,13-14H,5,10-12H2,1-4H3,(H,19,20). The fraction of sp³-hybridized carbons (Fsp3) is 0.556. The minimum absolute atomic E-state index is 0.311. The van der Waals surface area contributed by atoms with Crippen LogP contribution in [0.1, 0.15) is 39.7 Å². The van der Waals surface area contributed by atoms with Gasteiger partial charge in [-0.15, -0.1) is 0 Å². The van der Waals surface area contributed by atoms with Crippen LogP contribution < -0.4 is 5.32 Å². The van der Waals surface area contributed by atoms with E-state index in [4.69, 9.17) is 9.47 Å². The lowest BCUT2D eigenvalue weighted by Crippen LogP contribution is -2.28. The molecule has 0 aromatic heterocycles. The molecular weight excluding hydrogens is 294 g/mol. The van der Waals surface area contributed by atoms with Crippen molar-refractivity contribution in [3.63, 3.8) is 0 Å². The Balaban J connectivity index is 2.36. The molecule has 0 saturated heterocycles. The molecule has 5 nitrogen and oxygen atoms in total. The van der Waals surface area contributed by atoms with Gasteiger partial charge in [0.1, 0.15) is 0 Å². The van der Waals surface area contributed by atoms with Crippen LogP contribution in [0.5, 0.6) is 0 Å². The van der Waals surface area contributed by atoms with Gasteiger partial charge in [-0.25, -0.2) is 4.79 Å². The zero-order valence-electron chi connectivity index (χ0n) is 14.4. The first-order valence-corrected chi connectivity index (χ1v) is 8.10. The monoisotopic (exact) mass is 321 g/mol. The Hall–Kier alpha value is -1.88. The molecule has 0 spiro atoms. The second-order valence-electron chi connectivity index (χ2n) is 5.86. The molecule has 1 amide bonds. The van der Waals surface area contributed by atoms with Crippen molar-refractivity contribution in [3.8, 4) is 0 Å². The highest BCUT2D eigenvalue weighted by molar-refractivity contribution is 5.93. The maximum absolute atomic E-state index is 11.9. The largest absolute Gasteiger partial charge is 0.454 e. The molecule has 1 unspecified atom stereocenters. The third-order valence-corrected chi connectivity index (χ3v) is 3.41. The highest BCUT2D eigenvalue weighted by Gasteiger charge is 2.17. The number of esters is 1. The lowest BCUT2D eigenvalue weighted by molar-refractivity contribution is -0.158. The Labute approximate surface area is 138 Å². The predicted octanol–water partition coefficient (Wildman–Crippen LogP) is 3.18. The van der Waals surface area contributed by atoms with Gasteiger partial charge < -0.3 is 14.8 Å². The summed E-state index contributed by atoms with van der Waals surface area (Å²) in [4.78, 5) is 23.7. The molecular formula is C18H27NO4.